The maximum atomic E-state index is 12.4. The summed E-state index contributed by atoms with van der Waals surface area (Å²) in [6, 6.07) is 1.63. The van der Waals surface area contributed by atoms with Crippen LogP contribution in [0.3, 0.4) is 0 Å². The molecule has 3 nitrogen and oxygen atoms in total. The van der Waals surface area contributed by atoms with Gasteiger partial charge in [-0.3, -0.25) is 4.79 Å². The number of carbonyl (C=O) groups is 1. The Morgan fingerprint density at radius 1 is 1.33 bits per heavy atom. The van der Waals surface area contributed by atoms with E-state index in [1.165, 1.54) is 0 Å². The molecule has 1 rings (SSSR count). The molecule has 0 unspecified atom stereocenters. The molecule has 0 bridgehead atoms. The quantitative estimate of drug-likeness (QED) is 0.775. The molecule has 82 valence electrons. The van der Waals surface area contributed by atoms with E-state index in [-0.39, 0.29) is 15.7 Å². The van der Waals surface area contributed by atoms with Crippen LogP contribution in [0.5, 0.6) is 0 Å². The summed E-state index contributed by atoms with van der Waals surface area (Å²) in [5, 5.41) is 0. The van der Waals surface area contributed by atoms with Crippen molar-refractivity contribution in [2.75, 3.05) is 5.73 Å². The summed E-state index contributed by atoms with van der Waals surface area (Å²) >= 11 is 2.70. The van der Waals surface area contributed by atoms with Crippen molar-refractivity contribution in [3.8, 4) is 0 Å². The van der Waals surface area contributed by atoms with E-state index in [1.54, 1.807) is 0 Å². The molecule has 1 amide bonds. The van der Waals surface area contributed by atoms with Crippen molar-refractivity contribution in [1.29, 1.82) is 0 Å². The van der Waals surface area contributed by atoms with Gasteiger partial charge in [-0.15, -0.1) is 0 Å². The van der Waals surface area contributed by atoms with E-state index in [2.05, 4.69) is 15.9 Å². The van der Waals surface area contributed by atoms with Gasteiger partial charge < -0.3 is 11.5 Å². The predicted octanol–water partition coefficient (Wildman–Crippen LogP) is 2.15. The van der Waals surface area contributed by atoms with Crippen LogP contribution < -0.4 is 11.5 Å². The number of alkyl halides is 3. The molecule has 4 N–H and O–H groups in total. The van der Waals surface area contributed by atoms with Gasteiger partial charge >= 0.3 is 6.18 Å². The van der Waals surface area contributed by atoms with Gasteiger partial charge in [0, 0.05) is 10.2 Å². The summed E-state index contributed by atoms with van der Waals surface area (Å²) in [5.74, 6) is -0.873. The van der Waals surface area contributed by atoms with E-state index in [9.17, 15) is 18.0 Å². The minimum Gasteiger partial charge on any atom is -0.398 e. The van der Waals surface area contributed by atoms with E-state index in [4.69, 9.17) is 11.5 Å². The molecule has 1 aromatic rings. The highest BCUT2D eigenvalue weighted by Crippen LogP contribution is 2.37. The monoisotopic (exact) mass is 282 g/mol. The Kier molecular flexibility index (Phi) is 2.94. The zero-order valence-electron chi connectivity index (χ0n) is 7.23. The second kappa shape index (κ2) is 3.73. The van der Waals surface area contributed by atoms with E-state index >= 15 is 0 Å². The molecule has 0 aliphatic carbocycles. The van der Waals surface area contributed by atoms with Crippen molar-refractivity contribution in [3.63, 3.8) is 0 Å². The van der Waals surface area contributed by atoms with Crippen LogP contribution in [0.15, 0.2) is 16.6 Å². The highest BCUT2D eigenvalue weighted by molar-refractivity contribution is 9.10. The number of nitrogens with two attached hydrogens (primary N) is 2. The van der Waals surface area contributed by atoms with Crippen molar-refractivity contribution < 1.29 is 18.0 Å². The van der Waals surface area contributed by atoms with Crippen molar-refractivity contribution in [3.05, 3.63) is 27.7 Å². The van der Waals surface area contributed by atoms with E-state index in [1.807, 2.05) is 0 Å². The Morgan fingerprint density at radius 3 is 2.27 bits per heavy atom. The number of rotatable bonds is 1. The lowest BCUT2D eigenvalue weighted by atomic mass is 10.1. The average Bonchev–Trinajstić information content (AvgIpc) is 2.06. The molecule has 0 aliphatic heterocycles. The average molecular weight is 283 g/mol. The number of amides is 1. The predicted molar refractivity (Wildman–Crippen MR) is 52.1 cm³/mol. The molecule has 0 aromatic heterocycles. The largest absolute Gasteiger partial charge is 0.417 e. The lowest BCUT2D eigenvalue weighted by Crippen LogP contribution is -2.15. The van der Waals surface area contributed by atoms with E-state index < -0.39 is 17.6 Å². The number of anilines is 1. The van der Waals surface area contributed by atoms with Crippen LogP contribution in [0.4, 0.5) is 18.9 Å². The molecule has 0 saturated carbocycles. The van der Waals surface area contributed by atoms with Crippen LogP contribution in [-0.4, -0.2) is 5.91 Å². The van der Waals surface area contributed by atoms with Crippen LogP contribution in [0.25, 0.3) is 0 Å². The number of halogens is 4. The Morgan fingerprint density at radius 2 is 1.87 bits per heavy atom. The minimum atomic E-state index is -4.52. The van der Waals surface area contributed by atoms with Gasteiger partial charge in [0.2, 0.25) is 0 Å². The first-order valence-electron chi connectivity index (χ1n) is 3.69. The van der Waals surface area contributed by atoms with Gasteiger partial charge in [0.25, 0.3) is 5.91 Å². The maximum Gasteiger partial charge on any atom is 0.417 e. The van der Waals surface area contributed by atoms with Crippen LogP contribution in [0.2, 0.25) is 0 Å². The highest BCUT2D eigenvalue weighted by Gasteiger charge is 2.33. The number of nitrogen functional groups attached to an aromatic ring is 1. The number of hydrogen-bond acceptors (Lipinski definition) is 2. The zero-order valence-corrected chi connectivity index (χ0v) is 8.82. The third-order valence-corrected chi connectivity index (χ3v) is 2.37. The summed E-state index contributed by atoms with van der Waals surface area (Å²) in [6.07, 6.45) is -4.52. The SMILES string of the molecule is NC(=O)c1cc(Br)c(C(F)(F)F)cc1N. The minimum absolute atomic E-state index is 0.144. The normalized spacial score (nSPS) is 11.5. The zero-order chi connectivity index (χ0) is 11.8. The summed E-state index contributed by atoms with van der Waals surface area (Å²) in [7, 11) is 0. The van der Waals surface area contributed by atoms with Crippen molar-refractivity contribution >= 4 is 27.5 Å². The second-order valence-corrected chi connectivity index (χ2v) is 3.64. The van der Waals surface area contributed by atoms with Gasteiger partial charge in [0.1, 0.15) is 0 Å². The molecule has 15 heavy (non-hydrogen) atoms. The molecular weight excluding hydrogens is 277 g/mol. The van der Waals surface area contributed by atoms with E-state index in [0.717, 1.165) is 6.07 Å². The Balaban J connectivity index is 3.39. The summed E-state index contributed by atoms with van der Waals surface area (Å²) in [5.41, 5.74) is 8.81. The summed E-state index contributed by atoms with van der Waals surface area (Å²) < 4.78 is 36.8. The molecule has 0 fully saturated rings. The molecule has 0 atom stereocenters. The van der Waals surface area contributed by atoms with Crippen molar-refractivity contribution in [2.24, 2.45) is 5.73 Å². The topological polar surface area (TPSA) is 69.1 Å². The van der Waals surface area contributed by atoms with Crippen LogP contribution in [0, 0.1) is 0 Å². The Hall–Kier alpha value is -1.24. The molecule has 1 aromatic carbocycles. The molecule has 0 saturated heterocycles. The van der Waals surface area contributed by atoms with E-state index in [0.29, 0.717) is 6.07 Å². The third-order valence-electron chi connectivity index (χ3n) is 1.71. The second-order valence-electron chi connectivity index (χ2n) is 2.78. The van der Waals surface area contributed by atoms with Crippen molar-refractivity contribution in [2.45, 2.75) is 6.18 Å². The van der Waals surface area contributed by atoms with Crippen molar-refractivity contribution in [1.82, 2.24) is 0 Å². The molecule has 0 aliphatic rings. The lowest BCUT2D eigenvalue weighted by Gasteiger charge is -2.11. The first-order valence-corrected chi connectivity index (χ1v) is 4.49. The number of hydrogen-bond donors (Lipinski definition) is 2. The van der Waals surface area contributed by atoms with Crippen LogP contribution >= 0.6 is 15.9 Å². The van der Waals surface area contributed by atoms with Gasteiger partial charge in [-0.1, -0.05) is 15.9 Å². The molecule has 0 heterocycles. The first-order chi connectivity index (χ1) is 6.73. The summed E-state index contributed by atoms with van der Waals surface area (Å²) in [6.45, 7) is 0. The third kappa shape index (κ3) is 2.41. The number of primary amides is 1. The maximum absolute atomic E-state index is 12.4. The summed E-state index contributed by atoms with van der Waals surface area (Å²) in [4.78, 5) is 10.8. The van der Waals surface area contributed by atoms with Crippen LogP contribution in [-0.2, 0) is 6.18 Å². The Labute approximate surface area is 91.4 Å². The van der Waals surface area contributed by atoms with Crippen LogP contribution in [0.1, 0.15) is 15.9 Å². The fourth-order valence-electron chi connectivity index (χ4n) is 1.02. The van der Waals surface area contributed by atoms with Gasteiger partial charge in [-0.25, -0.2) is 0 Å². The molecular formula is C8H6BrF3N2O. The first kappa shape index (κ1) is 11.8. The number of benzene rings is 1. The fourth-order valence-corrected chi connectivity index (χ4v) is 1.59. The molecule has 0 radical (unpaired) electrons. The lowest BCUT2D eigenvalue weighted by molar-refractivity contribution is -0.138. The Bertz CT molecular complexity index is 417. The highest BCUT2D eigenvalue weighted by atomic mass is 79.9. The standard InChI is InChI=1S/C8H6BrF3N2O/c9-5-1-3(7(14)15)6(13)2-4(5)8(10,11)12/h1-2H,13H2,(H2,14,15). The van der Waals surface area contributed by atoms with Gasteiger partial charge in [0.15, 0.2) is 0 Å². The van der Waals surface area contributed by atoms with Gasteiger partial charge in [0.05, 0.1) is 11.1 Å². The smallest absolute Gasteiger partial charge is 0.398 e. The fraction of sp³-hybridized carbons (Fsp3) is 0.125. The van der Waals surface area contributed by atoms with Gasteiger partial charge in [-0.05, 0) is 12.1 Å². The number of carbonyl (C=O) groups excluding carboxylic acids is 1. The molecule has 0 spiro atoms. The van der Waals surface area contributed by atoms with Gasteiger partial charge in [-0.2, -0.15) is 13.2 Å². The molecule has 7 heteroatoms.